The van der Waals surface area contributed by atoms with E-state index in [9.17, 15) is 0 Å². The smallest absolute Gasteiger partial charge is 0.167 e. The van der Waals surface area contributed by atoms with E-state index in [0.29, 0.717) is 0 Å². The molecule has 0 fully saturated rings. The predicted molar refractivity (Wildman–Crippen MR) is 56.8 cm³/mol. The second-order valence-corrected chi connectivity index (χ2v) is 3.01. The molecule has 0 amide bonds. The molecule has 5 heteroatoms. The van der Waals surface area contributed by atoms with E-state index >= 15 is 0 Å². The van der Waals surface area contributed by atoms with Crippen molar-refractivity contribution in [3.8, 4) is 0 Å². The highest BCUT2D eigenvalue weighted by Gasteiger charge is 2.02. The van der Waals surface area contributed by atoms with E-state index in [4.69, 9.17) is 23.2 Å². The predicted octanol–water partition coefficient (Wildman–Crippen LogP) is 3.36. The first kappa shape index (κ1) is 10.5. The van der Waals surface area contributed by atoms with Crippen molar-refractivity contribution in [1.29, 1.82) is 0 Å². The molecule has 2 nitrogen and oxygen atoms in total. The van der Waals surface area contributed by atoms with Crippen molar-refractivity contribution in [3.05, 3.63) is 34.6 Å². The molecule has 0 atom stereocenters. The molecule has 2 rings (SSSR count). The Kier molecular flexibility index (Phi) is 3.31. The van der Waals surface area contributed by atoms with Gasteiger partial charge in [-0.05, 0) is 12.1 Å². The van der Waals surface area contributed by atoms with E-state index in [0.717, 1.165) is 11.0 Å². The lowest BCUT2D eigenvalue weighted by Crippen LogP contribution is -1.85. The van der Waals surface area contributed by atoms with Crippen LogP contribution in [0.4, 0.5) is 0 Å². The average molecular weight is 236 g/mol. The first-order valence-corrected chi connectivity index (χ1v) is 4.11. The number of hydrogen-bond donors (Lipinski definition) is 0. The third kappa shape index (κ3) is 2.02. The molecule has 0 N–H and O–H groups in total. The summed E-state index contributed by atoms with van der Waals surface area (Å²) in [5.74, 6) is 0. The molecule has 2 aromatic rings. The Labute approximate surface area is 91.3 Å². The van der Waals surface area contributed by atoms with Gasteiger partial charge in [0, 0.05) is 0 Å². The number of aromatic nitrogens is 2. The van der Waals surface area contributed by atoms with Gasteiger partial charge in [-0.1, -0.05) is 35.3 Å². The Morgan fingerprint density at radius 1 is 0.846 bits per heavy atom. The van der Waals surface area contributed by atoms with Gasteiger partial charge in [0.25, 0.3) is 0 Å². The van der Waals surface area contributed by atoms with Gasteiger partial charge in [-0.3, -0.25) is 0 Å². The third-order valence-electron chi connectivity index (χ3n) is 1.49. The number of benzene rings is 1. The SMILES string of the molecule is Cl.Clc1nc2ccccc2nc1Cl. The van der Waals surface area contributed by atoms with Gasteiger partial charge in [0.1, 0.15) is 0 Å². The van der Waals surface area contributed by atoms with E-state index in [1.54, 1.807) is 0 Å². The maximum atomic E-state index is 5.68. The Hall–Kier alpha value is -0.570. The first-order chi connectivity index (χ1) is 5.77. The quantitative estimate of drug-likeness (QED) is 0.700. The Morgan fingerprint density at radius 3 is 1.62 bits per heavy atom. The lowest BCUT2D eigenvalue weighted by Gasteiger charge is -1.97. The minimum atomic E-state index is 0. The number of fused-ring (bicyclic) bond motifs is 1. The van der Waals surface area contributed by atoms with E-state index in [1.807, 2.05) is 24.3 Å². The molecule has 0 aliphatic carbocycles. The van der Waals surface area contributed by atoms with Crippen LogP contribution in [0.2, 0.25) is 10.3 Å². The highest BCUT2D eigenvalue weighted by Crippen LogP contribution is 2.20. The fourth-order valence-electron chi connectivity index (χ4n) is 0.957. The van der Waals surface area contributed by atoms with Crippen molar-refractivity contribution in [1.82, 2.24) is 9.97 Å². The molecular formula is C8H5Cl3N2. The van der Waals surface area contributed by atoms with Gasteiger partial charge in [0.2, 0.25) is 0 Å². The van der Waals surface area contributed by atoms with E-state index in [-0.39, 0.29) is 22.7 Å². The minimum absolute atomic E-state index is 0. The van der Waals surface area contributed by atoms with E-state index in [2.05, 4.69) is 9.97 Å². The molecule has 0 saturated carbocycles. The molecule has 1 aromatic heterocycles. The molecule has 0 spiro atoms. The van der Waals surface area contributed by atoms with Crippen LogP contribution in [0.5, 0.6) is 0 Å². The summed E-state index contributed by atoms with van der Waals surface area (Å²) in [6.45, 7) is 0. The van der Waals surface area contributed by atoms with Gasteiger partial charge in [-0.25, -0.2) is 9.97 Å². The van der Waals surface area contributed by atoms with Crippen molar-refractivity contribution in [2.75, 3.05) is 0 Å². The van der Waals surface area contributed by atoms with Gasteiger partial charge < -0.3 is 0 Å². The zero-order chi connectivity index (χ0) is 8.55. The maximum Gasteiger partial charge on any atom is 0.167 e. The van der Waals surface area contributed by atoms with Crippen LogP contribution < -0.4 is 0 Å². The van der Waals surface area contributed by atoms with Crippen LogP contribution >= 0.6 is 35.6 Å². The summed E-state index contributed by atoms with van der Waals surface area (Å²) in [6.07, 6.45) is 0. The van der Waals surface area contributed by atoms with Crippen LogP contribution in [0.3, 0.4) is 0 Å². The zero-order valence-electron chi connectivity index (χ0n) is 6.37. The molecule has 0 aliphatic rings. The standard InChI is InChI=1S/C8H4Cl2N2.ClH/c9-7-8(10)12-6-4-2-1-3-5(6)11-7;/h1-4H;1H. The highest BCUT2D eigenvalue weighted by molar-refractivity contribution is 6.40. The summed E-state index contributed by atoms with van der Waals surface area (Å²) in [7, 11) is 0. The first-order valence-electron chi connectivity index (χ1n) is 3.35. The molecule has 0 unspecified atom stereocenters. The van der Waals surface area contributed by atoms with Gasteiger partial charge >= 0.3 is 0 Å². The average Bonchev–Trinajstić information content (AvgIpc) is 2.07. The Bertz CT molecular complexity index is 390. The van der Waals surface area contributed by atoms with Crippen LogP contribution in [-0.2, 0) is 0 Å². The van der Waals surface area contributed by atoms with Crippen LogP contribution in [0, 0.1) is 0 Å². The summed E-state index contributed by atoms with van der Waals surface area (Å²) >= 11 is 11.4. The summed E-state index contributed by atoms with van der Waals surface area (Å²) in [6, 6.07) is 7.43. The number of halogens is 3. The molecule has 0 radical (unpaired) electrons. The van der Waals surface area contributed by atoms with Gasteiger partial charge in [-0.15, -0.1) is 12.4 Å². The van der Waals surface area contributed by atoms with E-state index < -0.39 is 0 Å². The highest BCUT2D eigenvalue weighted by atomic mass is 35.5. The molecule has 1 aromatic carbocycles. The molecule has 1 heterocycles. The monoisotopic (exact) mass is 234 g/mol. The minimum Gasteiger partial charge on any atom is -0.231 e. The summed E-state index contributed by atoms with van der Waals surface area (Å²) in [4.78, 5) is 8.09. The third-order valence-corrected chi connectivity index (χ3v) is 2.11. The number of para-hydroxylation sites is 2. The maximum absolute atomic E-state index is 5.68. The second-order valence-electron chi connectivity index (χ2n) is 2.29. The lowest BCUT2D eigenvalue weighted by atomic mass is 10.3. The molecule has 0 saturated heterocycles. The summed E-state index contributed by atoms with van der Waals surface area (Å²) < 4.78 is 0. The molecule has 0 aliphatic heterocycles. The van der Waals surface area contributed by atoms with Crippen LogP contribution in [0.25, 0.3) is 11.0 Å². The fourth-order valence-corrected chi connectivity index (χ4v) is 1.22. The molecule has 13 heavy (non-hydrogen) atoms. The summed E-state index contributed by atoms with van der Waals surface area (Å²) in [5.41, 5.74) is 1.51. The normalized spacial score (nSPS) is 9.69. The molecular weight excluding hydrogens is 230 g/mol. The van der Waals surface area contributed by atoms with Crippen LogP contribution in [-0.4, -0.2) is 9.97 Å². The van der Waals surface area contributed by atoms with Crippen molar-refractivity contribution in [2.24, 2.45) is 0 Å². The largest absolute Gasteiger partial charge is 0.231 e. The number of rotatable bonds is 0. The topological polar surface area (TPSA) is 25.8 Å². The number of nitrogens with zero attached hydrogens (tertiary/aromatic N) is 2. The van der Waals surface area contributed by atoms with Gasteiger partial charge in [0.15, 0.2) is 10.3 Å². The fraction of sp³-hybridized carbons (Fsp3) is 0. The molecule has 68 valence electrons. The zero-order valence-corrected chi connectivity index (χ0v) is 8.70. The van der Waals surface area contributed by atoms with Gasteiger partial charge in [0.05, 0.1) is 11.0 Å². The number of hydrogen-bond acceptors (Lipinski definition) is 2. The summed E-state index contributed by atoms with van der Waals surface area (Å²) in [5, 5.41) is 0.491. The van der Waals surface area contributed by atoms with E-state index in [1.165, 1.54) is 0 Å². The van der Waals surface area contributed by atoms with Gasteiger partial charge in [-0.2, -0.15) is 0 Å². The van der Waals surface area contributed by atoms with Crippen molar-refractivity contribution < 1.29 is 0 Å². The van der Waals surface area contributed by atoms with Crippen molar-refractivity contribution in [3.63, 3.8) is 0 Å². The van der Waals surface area contributed by atoms with Crippen molar-refractivity contribution >= 4 is 46.6 Å². The molecule has 0 bridgehead atoms. The Morgan fingerprint density at radius 2 is 1.23 bits per heavy atom. The van der Waals surface area contributed by atoms with Crippen molar-refractivity contribution in [2.45, 2.75) is 0 Å². The lowest BCUT2D eigenvalue weighted by molar-refractivity contribution is 1.29. The van der Waals surface area contributed by atoms with Crippen LogP contribution in [0.1, 0.15) is 0 Å². The second kappa shape index (κ2) is 4.09. The Balaban J connectivity index is 0.000000845. The van der Waals surface area contributed by atoms with Crippen LogP contribution in [0.15, 0.2) is 24.3 Å².